The molecule has 0 aromatic heterocycles. The van der Waals surface area contributed by atoms with Gasteiger partial charge in [0.05, 0.1) is 18.8 Å². The first-order chi connectivity index (χ1) is 8.74. The highest BCUT2D eigenvalue weighted by Crippen LogP contribution is 2.18. The number of aliphatic hydroxyl groups excluding tert-OH is 1. The van der Waals surface area contributed by atoms with Crippen molar-refractivity contribution in [2.24, 2.45) is 0 Å². The highest BCUT2D eigenvalue weighted by molar-refractivity contribution is 5.91. The normalized spacial score (nSPS) is 13.2. The number of carbonyl (C=O) groups is 1. The van der Waals surface area contributed by atoms with E-state index >= 15 is 0 Å². The van der Waals surface area contributed by atoms with Crippen LogP contribution < -0.4 is 5.32 Å². The van der Waals surface area contributed by atoms with Crippen molar-refractivity contribution >= 4 is 5.97 Å². The highest BCUT2D eigenvalue weighted by Gasteiger charge is 2.16. The molecule has 1 atom stereocenters. The van der Waals surface area contributed by atoms with Crippen molar-refractivity contribution in [1.29, 1.82) is 0 Å². The third-order valence-electron chi connectivity index (χ3n) is 2.88. The lowest BCUT2D eigenvalue weighted by atomic mass is 10.0. The molecule has 4 heteroatoms. The standard InChI is InChI=1S/C15H23NO3/c1-10-6-7-11(8-12(10)14(18)19-5)13(17)9-16-15(2,3)4/h6-8,13,16-17H,9H2,1-5H3. The van der Waals surface area contributed by atoms with Gasteiger partial charge in [-0.1, -0.05) is 12.1 Å². The molecule has 0 fully saturated rings. The Morgan fingerprint density at radius 3 is 2.58 bits per heavy atom. The molecule has 0 spiro atoms. The summed E-state index contributed by atoms with van der Waals surface area (Å²) in [6, 6.07) is 5.34. The number of aryl methyl sites for hydroxylation is 1. The number of β-amino-alcohol motifs (C(OH)–C–C–N with tert-alkyl or cyclic N) is 1. The monoisotopic (exact) mass is 265 g/mol. The van der Waals surface area contributed by atoms with Crippen LogP contribution in [-0.2, 0) is 4.74 Å². The van der Waals surface area contributed by atoms with Gasteiger partial charge in [-0.25, -0.2) is 4.79 Å². The summed E-state index contributed by atoms with van der Waals surface area (Å²) < 4.78 is 4.73. The van der Waals surface area contributed by atoms with Crippen LogP contribution in [-0.4, -0.2) is 30.3 Å². The van der Waals surface area contributed by atoms with Crippen LogP contribution in [0.2, 0.25) is 0 Å². The lowest BCUT2D eigenvalue weighted by molar-refractivity contribution is 0.0599. The maximum Gasteiger partial charge on any atom is 0.338 e. The van der Waals surface area contributed by atoms with E-state index < -0.39 is 6.10 Å². The Bertz CT molecular complexity index is 449. The summed E-state index contributed by atoms with van der Waals surface area (Å²) in [6.07, 6.45) is -0.650. The smallest absolute Gasteiger partial charge is 0.338 e. The Kier molecular flexibility index (Phi) is 5.09. The maximum atomic E-state index is 11.6. The molecule has 4 nitrogen and oxygen atoms in total. The molecule has 106 valence electrons. The molecule has 0 saturated carbocycles. The Balaban J connectivity index is 2.86. The van der Waals surface area contributed by atoms with E-state index in [-0.39, 0.29) is 11.5 Å². The largest absolute Gasteiger partial charge is 0.465 e. The fourth-order valence-corrected chi connectivity index (χ4v) is 1.70. The number of carbonyl (C=O) groups excluding carboxylic acids is 1. The molecule has 0 bridgehead atoms. The van der Waals surface area contributed by atoms with E-state index in [4.69, 9.17) is 4.74 Å². The van der Waals surface area contributed by atoms with Crippen LogP contribution in [0.4, 0.5) is 0 Å². The molecule has 0 aliphatic heterocycles. The first-order valence-corrected chi connectivity index (χ1v) is 6.36. The quantitative estimate of drug-likeness (QED) is 0.819. The van der Waals surface area contributed by atoms with Crippen LogP contribution >= 0.6 is 0 Å². The summed E-state index contributed by atoms with van der Waals surface area (Å²) in [5.41, 5.74) is 1.99. The van der Waals surface area contributed by atoms with Crippen LogP contribution in [0.3, 0.4) is 0 Å². The van der Waals surface area contributed by atoms with E-state index in [0.717, 1.165) is 5.56 Å². The van der Waals surface area contributed by atoms with E-state index in [2.05, 4.69) is 5.32 Å². The number of aliphatic hydroxyl groups is 1. The van der Waals surface area contributed by atoms with Gasteiger partial charge in [0.15, 0.2) is 0 Å². The predicted octanol–water partition coefficient (Wildman–Crippen LogP) is 2.20. The van der Waals surface area contributed by atoms with Crippen molar-refractivity contribution in [3.63, 3.8) is 0 Å². The van der Waals surface area contributed by atoms with E-state index in [0.29, 0.717) is 17.7 Å². The molecule has 1 aromatic rings. The second-order valence-electron chi connectivity index (χ2n) is 5.71. The third-order valence-corrected chi connectivity index (χ3v) is 2.88. The number of esters is 1. The van der Waals surface area contributed by atoms with Crippen LogP contribution in [0.15, 0.2) is 18.2 Å². The molecular weight excluding hydrogens is 242 g/mol. The van der Waals surface area contributed by atoms with E-state index in [1.165, 1.54) is 7.11 Å². The van der Waals surface area contributed by atoms with Crippen molar-refractivity contribution in [3.8, 4) is 0 Å². The molecule has 0 aliphatic carbocycles. The zero-order valence-electron chi connectivity index (χ0n) is 12.3. The van der Waals surface area contributed by atoms with Gasteiger partial charge in [-0.3, -0.25) is 0 Å². The third kappa shape index (κ3) is 4.65. The van der Waals surface area contributed by atoms with Gasteiger partial charge >= 0.3 is 5.97 Å². The van der Waals surface area contributed by atoms with Gasteiger partial charge in [0.2, 0.25) is 0 Å². The molecule has 1 aromatic carbocycles. The molecule has 1 rings (SSSR count). The molecule has 0 radical (unpaired) electrons. The van der Waals surface area contributed by atoms with Gasteiger partial charge < -0.3 is 15.2 Å². The molecular formula is C15H23NO3. The topological polar surface area (TPSA) is 58.6 Å². The first-order valence-electron chi connectivity index (χ1n) is 6.36. The Labute approximate surface area is 114 Å². The minimum Gasteiger partial charge on any atom is -0.465 e. The maximum absolute atomic E-state index is 11.6. The van der Waals surface area contributed by atoms with Crippen molar-refractivity contribution in [2.75, 3.05) is 13.7 Å². The Hall–Kier alpha value is -1.39. The van der Waals surface area contributed by atoms with Gasteiger partial charge in [-0.15, -0.1) is 0 Å². The second kappa shape index (κ2) is 6.17. The first kappa shape index (κ1) is 15.7. The number of hydrogen-bond donors (Lipinski definition) is 2. The minimum atomic E-state index is -0.650. The molecule has 0 aliphatic rings. The Morgan fingerprint density at radius 2 is 2.05 bits per heavy atom. The van der Waals surface area contributed by atoms with E-state index in [1.54, 1.807) is 6.07 Å². The molecule has 2 N–H and O–H groups in total. The fraction of sp³-hybridized carbons (Fsp3) is 0.533. The van der Waals surface area contributed by atoms with Gasteiger partial charge in [0.1, 0.15) is 0 Å². The van der Waals surface area contributed by atoms with Gasteiger partial charge in [0, 0.05) is 12.1 Å². The molecule has 0 saturated heterocycles. The lowest BCUT2D eigenvalue weighted by Crippen LogP contribution is -2.38. The SMILES string of the molecule is COC(=O)c1cc(C(O)CNC(C)(C)C)ccc1C. The zero-order chi connectivity index (χ0) is 14.6. The number of rotatable bonds is 4. The number of ether oxygens (including phenoxy) is 1. The predicted molar refractivity (Wildman–Crippen MR) is 75.2 cm³/mol. The molecule has 0 heterocycles. The molecule has 0 amide bonds. The average Bonchev–Trinajstić information content (AvgIpc) is 2.34. The average molecular weight is 265 g/mol. The van der Waals surface area contributed by atoms with Crippen molar-refractivity contribution in [3.05, 3.63) is 34.9 Å². The van der Waals surface area contributed by atoms with Gasteiger partial charge in [0.25, 0.3) is 0 Å². The summed E-state index contributed by atoms with van der Waals surface area (Å²) in [4.78, 5) is 11.6. The number of hydrogen-bond acceptors (Lipinski definition) is 4. The molecule has 1 unspecified atom stereocenters. The second-order valence-corrected chi connectivity index (χ2v) is 5.71. The van der Waals surface area contributed by atoms with Gasteiger partial charge in [-0.05, 0) is 44.9 Å². The molecule has 19 heavy (non-hydrogen) atoms. The zero-order valence-corrected chi connectivity index (χ0v) is 12.3. The number of nitrogens with one attached hydrogen (secondary N) is 1. The van der Waals surface area contributed by atoms with E-state index in [1.807, 2.05) is 39.8 Å². The number of benzene rings is 1. The van der Waals surface area contributed by atoms with Crippen LogP contribution in [0.1, 0.15) is 48.4 Å². The summed E-state index contributed by atoms with van der Waals surface area (Å²) in [6.45, 7) is 8.39. The summed E-state index contributed by atoms with van der Waals surface area (Å²) in [5.74, 6) is -0.379. The Morgan fingerprint density at radius 1 is 1.42 bits per heavy atom. The minimum absolute atomic E-state index is 0.0587. The van der Waals surface area contributed by atoms with Crippen LogP contribution in [0.5, 0.6) is 0 Å². The van der Waals surface area contributed by atoms with E-state index in [9.17, 15) is 9.90 Å². The van der Waals surface area contributed by atoms with Crippen LogP contribution in [0.25, 0.3) is 0 Å². The highest BCUT2D eigenvalue weighted by atomic mass is 16.5. The van der Waals surface area contributed by atoms with Gasteiger partial charge in [-0.2, -0.15) is 0 Å². The summed E-state index contributed by atoms with van der Waals surface area (Å²) in [5, 5.41) is 13.4. The summed E-state index contributed by atoms with van der Waals surface area (Å²) in [7, 11) is 1.35. The van der Waals surface area contributed by atoms with Crippen LogP contribution in [0, 0.1) is 6.92 Å². The lowest BCUT2D eigenvalue weighted by Gasteiger charge is -2.23. The van der Waals surface area contributed by atoms with Crippen molar-refractivity contribution < 1.29 is 14.6 Å². The summed E-state index contributed by atoms with van der Waals surface area (Å²) >= 11 is 0. The number of methoxy groups -OCH3 is 1. The fourth-order valence-electron chi connectivity index (χ4n) is 1.70. The van der Waals surface area contributed by atoms with Crippen molar-refractivity contribution in [1.82, 2.24) is 5.32 Å². The van der Waals surface area contributed by atoms with Crippen molar-refractivity contribution in [2.45, 2.75) is 39.3 Å².